The van der Waals surface area contributed by atoms with E-state index >= 15 is 0 Å². The average molecular weight is 283 g/mol. The molecule has 0 saturated carbocycles. The average Bonchev–Trinajstić information content (AvgIpc) is 2.42. The summed E-state index contributed by atoms with van der Waals surface area (Å²) in [5.41, 5.74) is 0.354. The summed E-state index contributed by atoms with van der Waals surface area (Å²) >= 11 is 0. The minimum absolute atomic E-state index is 0.354. The molecule has 1 rings (SSSR count). The van der Waals surface area contributed by atoms with Crippen LogP contribution in [-0.4, -0.2) is 36.6 Å². The Morgan fingerprint density at radius 3 is 2.15 bits per heavy atom. The van der Waals surface area contributed by atoms with E-state index in [0.29, 0.717) is 11.5 Å². The molecule has 20 heavy (non-hydrogen) atoms. The number of hydrogen-bond acceptors (Lipinski definition) is 2. The molecule has 0 aromatic rings. The highest BCUT2D eigenvalue weighted by Crippen LogP contribution is 2.27. The van der Waals surface area contributed by atoms with Gasteiger partial charge in [0, 0.05) is 31.7 Å². The van der Waals surface area contributed by atoms with Crippen molar-refractivity contribution >= 4 is 0 Å². The van der Waals surface area contributed by atoms with Crippen LogP contribution < -0.4 is 5.32 Å². The standard InChI is InChI=1S/C18H38N2/c1-8-14(4)16-11-19-17(18(5,6)7)13-20(16)12-15(9-2)10-3/h14-17,19H,8-13H2,1-7H3. The number of nitrogens with zero attached hydrogens (tertiary/aromatic N) is 1. The molecular formula is C18H38N2. The zero-order valence-electron chi connectivity index (χ0n) is 15.0. The summed E-state index contributed by atoms with van der Waals surface area (Å²) in [4.78, 5) is 2.80. The van der Waals surface area contributed by atoms with Crippen LogP contribution in [0.1, 0.15) is 67.7 Å². The maximum Gasteiger partial charge on any atom is 0.0247 e. The van der Waals surface area contributed by atoms with Crippen LogP contribution in [0.25, 0.3) is 0 Å². The van der Waals surface area contributed by atoms with Crippen molar-refractivity contribution in [1.82, 2.24) is 10.2 Å². The van der Waals surface area contributed by atoms with Gasteiger partial charge in [-0.25, -0.2) is 0 Å². The molecule has 0 aromatic heterocycles. The lowest BCUT2D eigenvalue weighted by Crippen LogP contribution is -2.62. The van der Waals surface area contributed by atoms with E-state index in [4.69, 9.17) is 0 Å². The summed E-state index contributed by atoms with van der Waals surface area (Å²) in [5.74, 6) is 1.65. The molecule has 1 N–H and O–H groups in total. The Labute approximate surface area is 127 Å². The lowest BCUT2D eigenvalue weighted by atomic mass is 9.82. The van der Waals surface area contributed by atoms with Crippen molar-refractivity contribution < 1.29 is 0 Å². The van der Waals surface area contributed by atoms with Crippen molar-refractivity contribution in [1.29, 1.82) is 0 Å². The molecule has 0 spiro atoms. The van der Waals surface area contributed by atoms with Gasteiger partial charge < -0.3 is 5.32 Å². The minimum Gasteiger partial charge on any atom is -0.311 e. The number of rotatable bonds is 6. The molecule has 120 valence electrons. The highest BCUT2D eigenvalue weighted by Gasteiger charge is 2.36. The van der Waals surface area contributed by atoms with Crippen LogP contribution in [0.2, 0.25) is 0 Å². The molecule has 3 unspecified atom stereocenters. The van der Waals surface area contributed by atoms with E-state index in [2.05, 4.69) is 58.7 Å². The SMILES string of the molecule is CCC(CC)CN1CC(C(C)(C)C)NCC1C(C)CC. The summed E-state index contributed by atoms with van der Waals surface area (Å²) in [7, 11) is 0. The van der Waals surface area contributed by atoms with Crippen LogP contribution >= 0.6 is 0 Å². The summed E-state index contributed by atoms with van der Waals surface area (Å²) in [6, 6.07) is 1.34. The van der Waals surface area contributed by atoms with Gasteiger partial charge in [-0.3, -0.25) is 4.90 Å². The van der Waals surface area contributed by atoms with Gasteiger partial charge in [0.1, 0.15) is 0 Å². The number of hydrogen-bond donors (Lipinski definition) is 1. The highest BCUT2D eigenvalue weighted by molar-refractivity contribution is 4.93. The molecule has 0 amide bonds. The van der Waals surface area contributed by atoms with E-state index in [1.54, 1.807) is 0 Å². The Morgan fingerprint density at radius 1 is 1.10 bits per heavy atom. The molecule has 1 saturated heterocycles. The fourth-order valence-corrected chi connectivity index (χ4v) is 3.33. The topological polar surface area (TPSA) is 15.3 Å². The molecule has 1 aliphatic heterocycles. The molecule has 2 nitrogen and oxygen atoms in total. The van der Waals surface area contributed by atoms with E-state index in [1.165, 1.54) is 32.4 Å². The number of piperazine rings is 1. The van der Waals surface area contributed by atoms with Gasteiger partial charge in [0.25, 0.3) is 0 Å². The molecule has 0 bridgehead atoms. The van der Waals surface area contributed by atoms with Gasteiger partial charge in [-0.15, -0.1) is 0 Å². The zero-order valence-corrected chi connectivity index (χ0v) is 15.0. The second kappa shape index (κ2) is 7.79. The molecule has 1 fully saturated rings. The molecule has 1 aliphatic rings. The third-order valence-corrected chi connectivity index (χ3v) is 5.45. The first-order valence-electron chi connectivity index (χ1n) is 8.80. The fourth-order valence-electron chi connectivity index (χ4n) is 3.33. The van der Waals surface area contributed by atoms with E-state index in [0.717, 1.165) is 24.4 Å². The highest BCUT2D eigenvalue weighted by atomic mass is 15.2. The lowest BCUT2D eigenvalue weighted by Gasteiger charge is -2.48. The monoisotopic (exact) mass is 282 g/mol. The summed E-state index contributed by atoms with van der Waals surface area (Å²) in [6.07, 6.45) is 3.91. The van der Waals surface area contributed by atoms with Gasteiger partial charge in [0.2, 0.25) is 0 Å². The first kappa shape index (κ1) is 18.0. The van der Waals surface area contributed by atoms with Gasteiger partial charge in [-0.2, -0.15) is 0 Å². The van der Waals surface area contributed by atoms with Gasteiger partial charge in [0.05, 0.1) is 0 Å². The van der Waals surface area contributed by atoms with E-state index < -0.39 is 0 Å². The van der Waals surface area contributed by atoms with Crippen molar-refractivity contribution in [3.8, 4) is 0 Å². The van der Waals surface area contributed by atoms with Crippen molar-refractivity contribution in [3.63, 3.8) is 0 Å². The first-order valence-corrected chi connectivity index (χ1v) is 8.80. The van der Waals surface area contributed by atoms with E-state index in [-0.39, 0.29) is 0 Å². The van der Waals surface area contributed by atoms with Gasteiger partial charge in [0.15, 0.2) is 0 Å². The molecule has 0 aliphatic carbocycles. The number of nitrogens with one attached hydrogen (secondary N) is 1. The molecule has 1 heterocycles. The third kappa shape index (κ3) is 4.73. The van der Waals surface area contributed by atoms with Crippen molar-refractivity contribution in [2.75, 3.05) is 19.6 Å². The predicted octanol–water partition coefficient (Wildman–Crippen LogP) is 4.16. The second-order valence-electron chi connectivity index (χ2n) is 7.92. The normalized spacial score (nSPS) is 27.0. The Hall–Kier alpha value is -0.0800. The first-order chi connectivity index (χ1) is 9.33. The Bertz CT molecular complexity index is 265. The molecule has 2 heteroatoms. The van der Waals surface area contributed by atoms with Crippen LogP contribution in [0.15, 0.2) is 0 Å². The maximum atomic E-state index is 3.82. The van der Waals surface area contributed by atoms with Crippen molar-refractivity contribution in [2.45, 2.75) is 79.8 Å². The van der Waals surface area contributed by atoms with Crippen molar-refractivity contribution in [3.05, 3.63) is 0 Å². The van der Waals surface area contributed by atoms with Gasteiger partial charge >= 0.3 is 0 Å². The Morgan fingerprint density at radius 2 is 1.70 bits per heavy atom. The fraction of sp³-hybridized carbons (Fsp3) is 1.00. The summed E-state index contributed by atoms with van der Waals surface area (Å²) < 4.78 is 0. The third-order valence-electron chi connectivity index (χ3n) is 5.45. The smallest absolute Gasteiger partial charge is 0.0247 e. The van der Waals surface area contributed by atoms with Crippen LogP contribution in [0, 0.1) is 17.3 Å². The molecule has 0 radical (unpaired) electrons. The molecule has 0 aromatic carbocycles. The Balaban J connectivity index is 2.77. The zero-order chi connectivity index (χ0) is 15.3. The van der Waals surface area contributed by atoms with Gasteiger partial charge in [-0.05, 0) is 17.3 Å². The van der Waals surface area contributed by atoms with Gasteiger partial charge in [-0.1, -0.05) is 67.7 Å². The Kier molecular flexibility index (Phi) is 7.00. The largest absolute Gasteiger partial charge is 0.311 e. The van der Waals surface area contributed by atoms with Crippen LogP contribution in [-0.2, 0) is 0 Å². The summed E-state index contributed by atoms with van der Waals surface area (Å²) in [6.45, 7) is 20.2. The predicted molar refractivity (Wildman–Crippen MR) is 90.1 cm³/mol. The molecular weight excluding hydrogens is 244 g/mol. The van der Waals surface area contributed by atoms with Crippen LogP contribution in [0.4, 0.5) is 0 Å². The summed E-state index contributed by atoms with van der Waals surface area (Å²) in [5, 5.41) is 3.82. The minimum atomic E-state index is 0.354. The van der Waals surface area contributed by atoms with Crippen LogP contribution in [0.5, 0.6) is 0 Å². The second-order valence-corrected chi connectivity index (χ2v) is 7.92. The van der Waals surface area contributed by atoms with Crippen molar-refractivity contribution in [2.24, 2.45) is 17.3 Å². The molecule has 3 atom stereocenters. The van der Waals surface area contributed by atoms with Crippen LogP contribution in [0.3, 0.4) is 0 Å². The maximum absolute atomic E-state index is 3.82. The lowest BCUT2D eigenvalue weighted by molar-refractivity contribution is 0.0449. The van der Waals surface area contributed by atoms with E-state index in [1.807, 2.05) is 0 Å². The van der Waals surface area contributed by atoms with E-state index in [9.17, 15) is 0 Å². The quantitative estimate of drug-likeness (QED) is 0.787.